The van der Waals surface area contributed by atoms with E-state index in [9.17, 15) is 9.59 Å². The Morgan fingerprint density at radius 1 is 1.26 bits per heavy atom. The number of aromatic nitrogens is 3. The molecule has 0 aliphatic carbocycles. The molecule has 1 N–H and O–H groups in total. The van der Waals surface area contributed by atoms with Crippen molar-refractivity contribution in [2.75, 3.05) is 37.8 Å². The van der Waals surface area contributed by atoms with Crippen LogP contribution in [-0.2, 0) is 11.3 Å². The highest BCUT2D eigenvalue weighted by molar-refractivity contribution is 7.20. The van der Waals surface area contributed by atoms with E-state index < -0.39 is 11.5 Å². The molecule has 0 radical (unpaired) electrons. The van der Waals surface area contributed by atoms with Gasteiger partial charge in [0.2, 0.25) is 10.1 Å². The van der Waals surface area contributed by atoms with Gasteiger partial charge in [0.15, 0.2) is 0 Å². The molecular formula is C21H25N5O4S. The first-order chi connectivity index (χ1) is 15.2. The van der Waals surface area contributed by atoms with Gasteiger partial charge in [-0.15, -0.1) is 5.10 Å². The molecule has 164 valence electrons. The molecule has 3 heterocycles. The quantitative estimate of drug-likeness (QED) is 0.533. The summed E-state index contributed by atoms with van der Waals surface area (Å²) in [5.41, 5.74) is 0.405. The molecule has 0 bridgehead atoms. The predicted molar refractivity (Wildman–Crippen MR) is 118 cm³/mol. The molecule has 4 rings (SSSR count). The van der Waals surface area contributed by atoms with Crippen LogP contribution in [0, 0.1) is 0 Å². The predicted octanol–water partition coefficient (Wildman–Crippen LogP) is 2.10. The second-order valence-electron chi connectivity index (χ2n) is 7.18. The van der Waals surface area contributed by atoms with Gasteiger partial charge < -0.3 is 19.7 Å². The number of carbonyl (C=O) groups excluding carboxylic acids is 1. The maximum absolute atomic E-state index is 12.8. The topological polar surface area (TPSA) is 98.1 Å². The lowest BCUT2D eigenvalue weighted by molar-refractivity contribution is 0.0948. The summed E-state index contributed by atoms with van der Waals surface area (Å²) in [6, 6.07) is 7.54. The number of carbonyl (C=O) groups is 1. The number of unbranched alkanes of at least 4 members (excludes halogenated alkanes) is 1. The van der Waals surface area contributed by atoms with Gasteiger partial charge in [-0.25, -0.2) is 4.98 Å². The van der Waals surface area contributed by atoms with Crippen molar-refractivity contribution < 1.29 is 14.3 Å². The minimum Gasteiger partial charge on any atom is -0.494 e. The molecule has 0 saturated carbocycles. The first-order valence-corrected chi connectivity index (χ1v) is 11.2. The van der Waals surface area contributed by atoms with Crippen LogP contribution < -0.4 is 20.5 Å². The lowest BCUT2D eigenvalue weighted by atomic mass is 10.2. The molecular weight excluding hydrogens is 418 g/mol. The Balaban J connectivity index is 1.41. The second kappa shape index (κ2) is 9.88. The molecule has 1 fully saturated rings. The Hall–Kier alpha value is -2.98. The average Bonchev–Trinajstić information content (AvgIpc) is 3.25. The third kappa shape index (κ3) is 5.02. The fraction of sp³-hybridized carbons (Fsp3) is 0.429. The molecule has 1 aliphatic heterocycles. The summed E-state index contributed by atoms with van der Waals surface area (Å²) < 4.78 is 12.2. The number of fused-ring (bicyclic) bond motifs is 1. The van der Waals surface area contributed by atoms with E-state index in [0.29, 0.717) is 49.5 Å². The number of amides is 1. The van der Waals surface area contributed by atoms with Crippen molar-refractivity contribution in [2.45, 2.75) is 26.3 Å². The molecule has 10 heteroatoms. The minimum absolute atomic E-state index is 0.0316. The average molecular weight is 444 g/mol. The van der Waals surface area contributed by atoms with Crippen molar-refractivity contribution in [3.8, 4) is 5.75 Å². The summed E-state index contributed by atoms with van der Waals surface area (Å²) in [6.45, 7) is 5.78. The zero-order valence-corrected chi connectivity index (χ0v) is 18.2. The number of hydrogen-bond acceptors (Lipinski definition) is 8. The Morgan fingerprint density at radius 2 is 2.03 bits per heavy atom. The van der Waals surface area contributed by atoms with Crippen LogP contribution in [0.4, 0.5) is 5.13 Å². The molecule has 3 aromatic rings. The number of hydrogen-bond donors (Lipinski definition) is 1. The zero-order chi connectivity index (χ0) is 21.6. The third-order valence-electron chi connectivity index (χ3n) is 4.95. The fourth-order valence-electron chi connectivity index (χ4n) is 3.13. The number of anilines is 1. The van der Waals surface area contributed by atoms with E-state index in [2.05, 4.69) is 27.2 Å². The summed E-state index contributed by atoms with van der Waals surface area (Å²) in [7, 11) is 0. The minimum atomic E-state index is -0.476. The number of ether oxygens (including phenoxy) is 2. The molecule has 0 unspecified atom stereocenters. The number of nitrogens with one attached hydrogen (secondary N) is 1. The number of benzene rings is 1. The smallest absolute Gasteiger partial charge is 0.288 e. The summed E-state index contributed by atoms with van der Waals surface area (Å²) in [4.78, 5) is 32.2. The van der Waals surface area contributed by atoms with Crippen LogP contribution in [0.2, 0.25) is 0 Å². The molecule has 2 aromatic heterocycles. The van der Waals surface area contributed by atoms with E-state index in [1.54, 1.807) is 0 Å². The maximum atomic E-state index is 12.8. The molecule has 0 atom stereocenters. The van der Waals surface area contributed by atoms with E-state index in [0.717, 1.165) is 24.2 Å². The maximum Gasteiger partial charge on any atom is 0.288 e. The lowest BCUT2D eigenvalue weighted by Gasteiger charge is -2.25. The SMILES string of the molecule is CCCCOc1ccc(CNC(=O)c2cnc3sc(N4CCOCC4)nn3c2=O)cc1. The lowest BCUT2D eigenvalue weighted by Crippen LogP contribution is -2.36. The van der Waals surface area contributed by atoms with Crippen molar-refractivity contribution >= 4 is 27.3 Å². The number of morpholine rings is 1. The van der Waals surface area contributed by atoms with E-state index in [4.69, 9.17) is 9.47 Å². The monoisotopic (exact) mass is 443 g/mol. The van der Waals surface area contributed by atoms with Crippen LogP contribution in [0.3, 0.4) is 0 Å². The van der Waals surface area contributed by atoms with Crippen LogP contribution >= 0.6 is 11.3 Å². The molecule has 1 aliphatic rings. The molecule has 1 amide bonds. The summed E-state index contributed by atoms with van der Waals surface area (Å²) >= 11 is 1.32. The first-order valence-electron chi connectivity index (χ1n) is 10.4. The molecule has 1 aromatic carbocycles. The van der Waals surface area contributed by atoms with E-state index in [1.807, 2.05) is 24.3 Å². The first kappa shape index (κ1) is 21.3. The van der Waals surface area contributed by atoms with E-state index in [-0.39, 0.29) is 5.56 Å². The standard InChI is InChI=1S/C21H25N5O4S/c1-2-3-10-30-16-6-4-15(5-7-16)13-22-18(27)17-14-23-20-26(19(17)28)24-21(31-20)25-8-11-29-12-9-25/h4-7,14H,2-3,8-13H2,1H3,(H,22,27). The Kier molecular flexibility index (Phi) is 6.78. The number of rotatable bonds is 8. The Bertz CT molecular complexity index is 1090. The van der Waals surface area contributed by atoms with E-state index >= 15 is 0 Å². The van der Waals surface area contributed by atoms with E-state index in [1.165, 1.54) is 22.0 Å². The van der Waals surface area contributed by atoms with Gasteiger partial charge in [-0.05, 0) is 24.1 Å². The van der Waals surface area contributed by atoms with Gasteiger partial charge in [0.25, 0.3) is 11.5 Å². The van der Waals surface area contributed by atoms with Crippen LogP contribution in [0.1, 0.15) is 35.7 Å². The van der Waals surface area contributed by atoms with Crippen LogP contribution in [0.5, 0.6) is 5.75 Å². The highest BCUT2D eigenvalue weighted by Crippen LogP contribution is 2.22. The molecule has 1 saturated heterocycles. The van der Waals surface area contributed by atoms with Crippen molar-refractivity contribution in [1.29, 1.82) is 0 Å². The highest BCUT2D eigenvalue weighted by atomic mass is 32.1. The van der Waals surface area contributed by atoms with Crippen molar-refractivity contribution in [3.63, 3.8) is 0 Å². The van der Waals surface area contributed by atoms with Gasteiger partial charge >= 0.3 is 0 Å². The van der Waals surface area contributed by atoms with Gasteiger partial charge in [-0.2, -0.15) is 4.52 Å². The van der Waals surface area contributed by atoms with Gasteiger partial charge in [0, 0.05) is 25.8 Å². The van der Waals surface area contributed by atoms with Gasteiger partial charge in [-0.1, -0.05) is 36.8 Å². The molecule has 31 heavy (non-hydrogen) atoms. The summed E-state index contributed by atoms with van der Waals surface area (Å²) in [5, 5.41) is 7.85. The van der Waals surface area contributed by atoms with Crippen molar-refractivity contribution in [3.05, 3.63) is 51.9 Å². The third-order valence-corrected chi connectivity index (χ3v) is 5.93. The molecule has 9 nitrogen and oxygen atoms in total. The summed E-state index contributed by atoms with van der Waals surface area (Å²) in [5.74, 6) is 0.326. The van der Waals surface area contributed by atoms with Gasteiger partial charge in [-0.3, -0.25) is 9.59 Å². The number of nitrogens with zero attached hydrogens (tertiary/aromatic N) is 4. The normalized spacial score (nSPS) is 14.0. The largest absolute Gasteiger partial charge is 0.494 e. The zero-order valence-electron chi connectivity index (χ0n) is 17.4. The Morgan fingerprint density at radius 3 is 2.77 bits per heavy atom. The highest BCUT2D eigenvalue weighted by Gasteiger charge is 2.19. The van der Waals surface area contributed by atoms with Crippen LogP contribution in [0.15, 0.2) is 35.3 Å². The van der Waals surface area contributed by atoms with Crippen molar-refractivity contribution in [1.82, 2.24) is 19.9 Å². The fourth-order valence-corrected chi connectivity index (χ4v) is 4.04. The van der Waals surface area contributed by atoms with Gasteiger partial charge in [0.05, 0.1) is 19.8 Å². The molecule has 0 spiro atoms. The Labute approximate surface area is 183 Å². The summed E-state index contributed by atoms with van der Waals surface area (Å²) in [6.07, 6.45) is 3.41. The van der Waals surface area contributed by atoms with Gasteiger partial charge in [0.1, 0.15) is 11.3 Å². The second-order valence-corrected chi connectivity index (χ2v) is 8.12. The van der Waals surface area contributed by atoms with Crippen LogP contribution in [-0.4, -0.2) is 53.4 Å². The van der Waals surface area contributed by atoms with Crippen molar-refractivity contribution in [2.24, 2.45) is 0 Å². The van der Waals surface area contributed by atoms with Crippen LogP contribution in [0.25, 0.3) is 4.96 Å².